The zero-order chi connectivity index (χ0) is 23.1. The molecule has 174 valence electrons. The van der Waals surface area contributed by atoms with E-state index in [9.17, 15) is 9.59 Å². The Balaban J connectivity index is 1.39. The van der Waals surface area contributed by atoms with Crippen LogP contribution in [0.15, 0.2) is 28.8 Å². The number of halogens is 2. The van der Waals surface area contributed by atoms with Gasteiger partial charge in [0.15, 0.2) is 11.5 Å². The Kier molecular flexibility index (Phi) is 8.75. The molecule has 32 heavy (non-hydrogen) atoms. The molecule has 1 aromatic carbocycles. The molecule has 1 aliphatic heterocycles. The standard InChI is InChI=1S/C21H27Cl2N5O4/c1-13(2)26-20(29)19-8-15(32-27-19)9-24-21(30)25-10-16-12-28(5-6-31-16)11-14-3-4-17(22)18(23)7-14/h3-4,7-8,13,16H,5-6,9-12H2,1-2H3,(H,26,29)(H2,24,25,30)/t16-/m0/s1. The Morgan fingerprint density at radius 2 is 2.03 bits per heavy atom. The highest BCUT2D eigenvalue weighted by molar-refractivity contribution is 6.42. The first-order valence-corrected chi connectivity index (χ1v) is 11.1. The SMILES string of the molecule is CC(C)NC(=O)c1cc(CNC(=O)NC[C@H]2CN(Cc3ccc(Cl)c(Cl)c3)CCO2)on1. The van der Waals surface area contributed by atoms with Gasteiger partial charge < -0.3 is 25.2 Å². The molecule has 1 aromatic heterocycles. The monoisotopic (exact) mass is 483 g/mol. The lowest BCUT2D eigenvalue weighted by molar-refractivity contribution is -0.0287. The van der Waals surface area contributed by atoms with Crippen molar-refractivity contribution in [2.75, 3.05) is 26.2 Å². The summed E-state index contributed by atoms with van der Waals surface area (Å²) in [5, 5.41) is 13.0. The van der Waals surface area contributed by atoms with Gasteiger partial charge >= 0.3 is 6.03 Å². The molecule has 3 amide bonds. The minimum atomic E-state index is -0.361. The molecule has 1 atom stereocenters. The molecule has 3 N–H and O–H groups in total. The Morgan fingerprint density at radius 1 is 1.22 bits per heavy atom. The van der Waals surface area contributed by atoms with Gasteiger partial charge in [0.25, 0.3) is 5.91 Å². The van der Waals surface area contributed by atoms with Crippen molar-refractivity contribution in [2.45, 2.75) is 39.1 Å². The van der Waals surface area contributed by atoms with Crippen LogP contribution in [0.2, 0.25) is 10.0 Å². The summed E-state index contributed by atoms with van der Waals surface area (Å²) in [5.74, 6) is 0.0649. The van der Waals surface area contributed by atoms with Gasteiger partial charge in [-0.15, -0.1) is 0 Å². The van der Waals surface area contributed by atoms with Gasteiger partial charge in [0.05, 0.1) is 29.3 Å². The van der Waals surface area contributed by atoms with Crippen LogP contribution in [0.5, 0.6) is 0 Å². The number of ether oxygens (including phenoxy) is 1. The number of morpholine rings is 1. The highest BCUT2D eigenvalue weighted by atomic mass is 35.5. The van der Waals surface area contributed by atoms with Crippen LogP contribution >= 0.6 is 23.2 Å². The fourth-order valence-electron chi connectivity index (χ4n) is 3.22. The number of aromatic nitrogens is 1. The zero-order valence-corrected chi connectivity index (χ0v) is 19.5. The lowest BCUT2D eigenvalue weighted by Gasteiger charge is -2.33. The van der Waals surface area contributed by atoms with Gasteiger partial charge in [-0.25, -0.2) is 4.79 Å². The van der Waals surface area contributed by atoms with Crippen LogP contribution in [-0.2, 0) is 17.8 Å². The number of nitrogens with zero attached hydrogens (tertiary/aromatic N) is 2. The second-order valence-electron chi connectivity index (χ2n) is 7.85. The Labute approximate surface area is 196 Å². The fraction of sp³-hybridized carbons (Fsp3) is 0.476. The molecule has 0 radical (unpaired) electrons. The van der Waals surface area contributed by atoms with Crippen molar-refractivity contribution in [3.8, 4) is 0 Å². The predicted octanol–water partition coefficient (Wildman–Crippen LogP) is 2.82. The first-order valence-electron chi connectivity index (χ1n) is 10.4. The van der Waals surface area contributed by atoms with Gasteiger partial charge in [-0.2, -0.15) is 0 Å². The molecular weight excluding hydrogens is 457 g/mol. The first kappa shape index (κ1) is 24.3. The van der Waals surface area contributed by atoms with E-state index in [0.717, 1.165) is 18.7 Å². The summed E-state index contributed by atoms with van der Waals surface area (Å²) in [5.41, 5.74) is 1.24. The van der Waals surface area contributed by atoms with E-state index in [4.69, 9.17) is 32.5 Å². The molecule has 2 aromatic rings. The first-order chi connectivity index (χ1) is 15.3. The van der Waals surface area contributed by atoms with E-state index in [2.05, 4.69) is 26.0 Å². The Morgan fingerprint density at radius 3 is 2.78 bits per heavy atom. The van der Waals surface area contributed by atoms with Gasteiger partial charge in [0.2, 0.25) is 0 Å². The van der Waals surface area contributed by atoms with Gasteiger partial charge in [-0.05, 0) is 31.5 Å². The molecule has 1 aliphatic rings. The lowest BCUT2D eigenvalue weighted by atomic mass is 10.2. The average Bonchev–Trinajstić information content (AvgIpc) is 3.23. The molecule has 3 rings (SSSR count). The summed E-state index contributed by atoms with van der Waals surface area (Å²) in [4.78, 5) is 26.3. The largest absolute Gasteiger partial charge is 0.374 e. The number of carbonyl (C=O) groups excluding carboxylic acids is 2. The van der Waals surface area contributed by atoms with Crippen LogP contribution in [0.4, 0.5) is 4.79 Å². The molecule has 0 spiro atoms. The van der Waals surface area contributed by atoms with E-state index in [1.54, 1.807) is 6.07 Å². The normalized spacial score (nSPS) is 16.7. The molecule has 0 saturated carbocycles. The quantitative estimate of drug-likeness (QED) is 0.532. The van der Waals surface area contributed by atoms with Crippen molar-refractivity contribution in [3.05, 3.63) is 51.3 Å². The number of nitrogens with one attached hydrogen (secondary N) is 3. The number of carbonyl (C=O) groups is 2. The number of urea groups is 1. The molecule has 0 unspecified atom stereocenters. The van der Waals surface area contributed by atoms with Crippen LogP contribution in [0.25, 0.3) is 0 Å². The summed E-state index contributed by atoms with van der Waals surface area (Å²) in [6.07, 6.45) is -0.131. The maximum absolute atomic E-state index is 12.1. The van der Waals surface area contributed by atoms with E-state index in [-0.39, 0.29) is 36.3 Å². The van der Waals surface area contributed by atoms with E-state index >= 15 is 0 Å². The minimum absolute atomic E-state index is 0.00604. The Bertz CT molecular complexity index is 937. The molecule has 0 bridgehead atoms. The molecule has 0 aliphatic carbocycles. The second kappa shape index (κ2) is 11.5. The molecular formula is C21H27Cl2N5O4. The molecule has 1 fully saturated rings. The van der Waals surface area contributed by atoms with E-state index < -0.39 is 0 Å². The van der Waals surface area contributed by atoms with Gasteiger partial charge in [-0.3, -0.25) is 9.69 Å². The van der Waals surface area contributed by atoms with Gasteiger partial charge in [0, 0.05) is 38.3 Å². The molecule has 9 nitrogen and oxygen atoms in total. The smallest absolute Gasteiger partial charge is 0.315 e. The van der Waals surface area contributed by atoms with E-state index in [0.29, 0.717) is 35.5 Å². The third-order valence-corrected chi connectivity index (χ3v) is 5.48. The average molecular weight is 484 g/mol. The van der Waals surface area contributed by atoms with Crippen molar-refractivity contribution < 1.29 is 18.8 Å². The van der Waals surface area contributed by atoms with Crippen LogP contribution in [-0.4, -0.2) is 60.4 Å². The van der Waals surface area contributed by atoms with Crippen LogP contribution in [0.3, 0.4) is 0 Å². The molecule has 2 heterocycles. The maximum atomic E-state index is 12.1. The highest BCUT2D eigenvalue weighted by Crippen LogP contribution is 2.23. The van der Waals surface area contributed by atoms with Gasteiger partial charge in [0.1, 0.15) is 0 Å². The third kappa shape index (κ3) is 7.37. The molecule has 1 saturated heterocycles. The second-order valence-corrected chi connectivity index (χ2v) is 8.66. The number of hydrogen-bond donors (Lipinski definition) is 3. The molecule has 11 heteroatoms. The summed E-state index contributed by atoms with van der Waals surface area (Å²) < 4.78 is 10.9. The van der Waals surface area contributed by atoms with Crippen LogP contribution in [0, 0.1) is 0 Å². The van der Waals surface area contributed by atoms with Crippen LogP contribution in [0.1, 0.15) is 35.7 Å². The zero-order valence-electron chi connectivity index (χ0n) is 18.0. The van der Waals surface area contributed by atoms with Gasteiger partial charge in [-0.1, -0.05) is 34.4 Å². The number of amides is 3. The predicted molar refractivity (Wildman–Crippen MR) is 121 cm³/mol. The Hall–Kier alpha value is -2.33. The van der Waals surface area contributed by atoms with Crippen molar-refractivity contribution in [1.82, 2.24) is 26.0 Å². The van der Waals surface area contributed by atoms with E-state index in [1.807, 2.05) is 26.0 Å². The summed E-state index contributed by atoms with van der Waals surface area (Å²) in [7, 11) is 0. The number of hydrogen-bond acceptors (Lipinski definition) is 6. The fourth-order valence-corrected chi connectivity index (χ4v) is 3.54. The summed E-state index contributed by atoms with van der Waals surface area (Å²) >= 11 is 12.1. The third-order valence-electron chi connectivity index (χ3n) is 4.74. The highest BCUT2D eigenvalue weighted by Gasteiger charge is 2.21. The maximum Gasteiger partial charge on any atom is 0.315 e. The van der Waals surface area contributed by atoms with Crippen molar-refractivity contribution in [1.29, 1.82) is 0 Å². The van der Waals surface area contributed by atoms with Crippen molar-refractivity contribution in [3.63, 3.8) is 0 Å². The summed E-state index contributed by atoms with van der Waals surface area (Å²) in [6, 6.07) is 6.74. The van der Waals surface area contributed by atoms with Crippen molar-refractivity contribution in [2.24, 2.45) is 0 Å². The lowest BCUT2D eigenvalue weighted by Crippen LogP contribution is -2.48. The summed E-state index contributed by atoms with van der Waals surface area (Å²) in [6.45, 7) is 6.96. The van der Waals surface area contributed by atoms with Crippen LogP contribution < -0.4 is 16.0 Å². The topological polar surface area (TPSA) is 109 Å². The van der Waals surface area contributed by atoms with E-state index in [1.165, 1.54) is 6.07 Å². The minimum Gasteiger partial charge on any atom is -0.374 e. The number of rotatable bonds is 8. The van der Waals surface area contributed by atoms with Crippen molar-refractivity contribution >= 4 is 35.1 Å². The number of benzene rings is 1.